The zero-order valence-electron chi connectivity index (χ0n) is 18.8. The van der Waals surface area contributed by atoms with Crippen LogP contribution >= 0.6 is 0 Å². The van der Waals surface area contributed by atoms with Crippen molar-refractivity contribution in [2.24, 2.45) is 0 Å². The van der Waals surface area contributed by atoms with Crippen molar-refractivity contribution in [3.05, 3.63) is 47.5 Å². The molecule has 32 heavy (non-hydrogen) atoms. The highest BCUT2D eigenvalue weighted by Gasteiger charge is 2.26. The maximum atomic E-state index is 13.3. The number of hydrogen-bond donors (Lipinski definition) is 0. The van der Waals surface area contributed by atoms with Crippen LogP contribution in [-0.4, -0.2) is 45.0 Å². The summed E-state index contributed by atoms with van der Waals surface area (Å²) in [6.07, 6.45) is 7.74. The Balaban J connectivity index is 1.56. The first-order valence-corrected chi connectivity index (χ1v) is 10.8. The summed E-state index contributed by atoms with van der Waals surface area (Å²) in [5, 5.41) is 0. The summed E-state index contributed by atoms with van der Waals surface area (Å²) in [6, 6.07) is 9.73. The molecule has 0 aromatic heterocycles. The fourth-order valence-corrected chi connectivity index (χ4v) is 4.30. The van der Waals surface area contributed by atoms with Gasteiger partial charge in [0.15, 0.2) is 23.0 Å². The molecule has 2 aliphatic rings. The first kappa shape index (κ1) is 21.9. The molecule has 0 radical (unpaired) electrons. The molecular weight excluding hydrogens is 410 g/mol. The Labute approximate surface area is 188 Å². The van der Waals surface area contributed by atoms with Gasteiger partial charge in [0.2, 0.25) is 18.4 Å². The summed E-state index contributed by atoms with van der Waals surface area (Å²) in [5.41, 5.74) is 1.82. The average Bonchev–Trinajstić information content (AvgIpc) is 3.52. The largest absolute Gasteiger partial charge is 0.493 e. The molecule has 7 nitrogen and oxygen atoms in total. The SMILES string of the molecule is COc1cc(/C=C/C(=O)N(Cc2ccc3c(c2)OCO3)C2CCCC2)cc(OC)c1OC. The van der Waals surface area contributed by atoms with E-state index in [4.69, 9.17) is 23.7 Å². The molecular formula is C25H29NO6. The van der Waals surface area contributed by atoms with Crippen LogP contribution in [0.5, 0.6) is 28.7 Å². The molecule has 0 bridgehead atoms. The lowest BCUT2D eigenvalue weighted by atomic mass is 10.1. The van der Waals surface area contributed by atoms with E-state index >= 15 is 0 Å². The molecule has 2 aromatic carbocycles. The smallest absolute Gasteiger partial charge is 0.247 e. The number of benzene rings is 2. The number of amides is 1. The van der Waals surface area contributed by atoms with Crippen LogP contribution in [0.15, 0.2) is 36.4 Å². The Hall–Kier alpha value is -3.35. The highest BCUT2D eigenvalue weighted by atomic mass is 16.7. The number of rotatable bonds is 8. The van der Waals surface area contributed by atoms with Gasteiger partial charge >= 0.3 is 0 Å². The van der Waals surface area contributed by atoms with Crippen molar-refractivity contribution in [2.75, 3.05) is 28.1 Å². The van der Waals surface area contributed by atoms with Crippen molar-refractivity contribution < 1.29 is 28.5 Å². The van der Waals surface area contributed by atoms with Crippen LogP contribution in [0.2, 0.25) is 0 Å². The standard InChI is InChI=1S/C25H29NO6/c1-28-22-12-17(13-23(29-2)25(22)30-3)9-11-24(27)26(19-6-4-5-7-19)15-18-8-10-20-21(14-18)32-16-31-20/h8-14,19H,4-7,15-16H2,1-3H3/b11-9+. The minimum atomic E-state index is -0.0247. The molecule has 1 aliphatic carbocycles. The molecule has 1 saturated carbocycles. The summed E-state index contributed by atoms with van der Waals surface area (Å²) in [7, 11) is 4.71. The molecule has 0 spiro atoms. The minimum Gasteiger partial charge on any atom is -0.493 e. The van der Waals surface area contributed by atoms with Gasteiger partial charge in [0.1, 0.15) is 0 Å². The number of fused-ring (bicyclic) bond motifs is 1. The minimum absolute atomic E-state index is 0.0247. The molecule has 4 rings (SSSR count). The number of hydrogen-bond acceptors (Lipinski definition) is 6. The summed E-state index contributed by atoms with van der Waals surface area (Å²) < 4.78 is 27.1. The number of ether oxygens (including phenoxy) is 5. The van der Waals surface area contributed by atoms with E-state index in [2.05, 4.69) is 0 Å². The van der Waals surface area contributed by atoms with Gasteiger partial charge < -0.3 is 28.6 Å². The van der Waals surface area contributed by atoms with Crippen LogP contribution < -0.4 is 23.7 Å². The highest BCUT2D eigenvalue weighted by Crippen LogP contribution is 2.38. The Morgan fingerprint density at radius 1 is 1.00 bits per heavy atom. The molecule has 0 saturated heterocycles. The van der Waals surface area contributed by atoms with Crippen molar-refractivity contribution in [2.45, 2.75) is 38.3 Å². The van der Waals surface area contributed by atoms with Gasteiger partial charge in [0.25, 0.3) is 0 Å². The number of methoxy groups -OCH3 is 3. The van der Waals surface area contributed by atoms with Gasteiger partial charge in [-0.25, -0.2) is 0 Å². The summed E-state index contributed by atoms with van der Waals surface area (Å²) in [6.45, 7) is 0.765. The fourth-order valence-electron chi connectivity index (χ4n) is 4.30. The molecule has 0 atom stereocenters. The van der Waals surface area contributed by atoms with Crippen LogP contribution in [0.3, 0.4) is 0 Å². The average molecular weight is 440 g/mol. The Morgan fingerprint density at radius 2 is 1.69 bits per heavy atom. The lowest BCUT2D eigenvalue weighted by Gasteiger charge is -2.28. The molecule has 7 heteroatoms. The van der Waals surface area contributed by atoms with Gasteiger partial charge in [-0.1, -0.05) is 18.9 Å². The molecule has 1 amide bonds. The molecule has 1 aliphatic heterocycles. The van der Waals surface area contributed by atoms with Crippen molar-refractivity contribution in [1.29, 1.82) is 0 Å². The van der Waals surface area contributed by atoms with Crippen molar-refractivity contribution in [3.63, 3.8) is 0 Å². The van der Waals surface area contributed by atoms with Crippen molar-refractivity contribution in [1.82, 2.24) is 4.90 Å². The van der Waals surface area contributed by atoms with Crippen LogP contribution in [0, 0.1) is 0 Å². The second kappa shape index (κ2) is 9.85. The third kappa shape index (κ3) is 4.61. The van der Waals surface area contributed by atoms with Crippen LogP contribution in [-0.2, 0) is 11.3 Å². The van der Waals surface area contributed by atoms with E-state index in [1.165, 1.54) is 0 Å². The van der Waals surface area contributed by atoms with Gasteiger partial charge in [-0.3, -0.25) is 4.79 Å². The predicted molar refractivity (Wildman–Crippen MR) is 121 cm³/mol. The topological polar surface area (TPSA) is 66.5 Å². The number of carbonyl (C=O) groups excluding carboxylic acids is 1. The zero-order valence-corrected chi connectivity index (χ0v) is 18.8. The predicted octanol–water partition coefficient (Wildman–Crippen LogP) is 4.43. The van der Waals surface area contributed by atoms with Gasteiger partial charge in [-0.15, -0.1) is 0 Å². The number of carbonyl (C=O) groups is 1. The second-order valence-electron chi connectivity index (χ2n) is 7.88. The van der Waals surface area contributed by atoms with E-state index in [1.54, 1.807) is 33.5 Å². The van der Waals surface area contributed by atoms with E-state index in [0.29, 0.717) is 23.8 Å². The lowest BCUT2D eigenvalue weighted by Crippen LogP contribution is -2.37. The molecule has 170 valence electrons. The van der Waals surface area contributed by atoms with Crippen molar-refractivity contribution >= 4 is 12.0 Å². The van der Waals surface area contributed by atoms with Gasteiger partial charge in [-0.05, 0) is 54.3 Å². The van der Waals surface area contributed by atoms with E-state index in [1.807, 2.05) is 35.2 Å². The normalized spacial score (nSPS) is 15.2. The Morgan fingerprint density at radius 3 is 2.34 bits per heavy atom. The van der Waals surface area contributed by atoms with E-state index < -0.39 is 0 Å². The molecule has 1 heterocycles. The van der Waals surface area contributed by atoms with Crippen LogP contribution in [0.25, 0.3) is 6.08 Å². The summed E-state index contributed by atoms with van der Waals surface area (Å²) in [4.78, 5) is 15.2. The van der Waals surface area contributed by atoms with E-state index in [0.717, 1.165) is 48.3 Å². The third-order valence-corrected chi connectivity index (χ3v) is 5.94. The molecule has 0 unspecified atom stereocenters. The molecule has 2 aromatic rings. The second-order valence-corrected chi connectivity index (χ2v) is 7.88. The maximum absolute atomic E-state index is 13.3. The van der Waals surface area contributed by atoms with E-state index in [-0.39, 0.29) is 18.7 Å². The first-order chi connectivity index (χ1) is 15.6. The molecule has 0 N–H and O–H groups in total. The lowest BCUT2D eigenvalue weighted by molar-refractivity contribution is -0.128. The van der Waals surface area contributed by atoms with Crippen LogP contribution in [0.1, 0.15) is 36.8 Å². The monoisotopic (exact) mass is 439 g/mol. The van der Waals surface area contributed by atoms with Gasteiger partial charge in [-0.2, -0.15) is 0 Å². The zero-order chi connectivity index (χ0) is 22.5. The van der Waals surface area contributed by atoms with Crippen LogP contribution in [0.4, 0.5) is 0 Å². The molecule has 1 fully saturated rings. The summed E-state index contributed by atoms with van der Waals surface area (Å²) >= 11 is 0. The van der Waals surface area contributed by atoms with Gasteiger partial charge in [0.05, 0.1) is 21.3 Å². The van der Waals surface area contributed by atoms with E-state index in [9.17, 15) is 4.79 Å². The maximum Gasteiger partial charge on any atom is 0.247 e. The number of nitrogens with zero attached hydrogens (tertiary/aromatic N) is 1. The summed E-state index contributed by atoms with van der Waals surface area (Å²) in [5.74, 6) is 3.07. The first-order valence-electron chi connectivity index (χ1n) is 10.8. The van der Waals surface area contributed by atoms with Gasteiger partial charge in [0, 0.05) is 18.7 Å². The Kier molecular flexibility index (Phi) is 6.73. The van der Waals surface area contributed by atoms with Crippen molar-refractivity contribution in [3.8, 4) is 28.7 Å². The quantitative estimate of drug-likeness (QED) is 0.567. The highest BCUT2D eigenvalue weighted by molar-refractivity contribution is 5.92. The Bertz CT molecular complexity index is 971. The third-order valence-electron chi connectivity index (χ3n) is 5.94. The fraction of sp³-hybridized carbons (Fsp3) is 0.400.